The molecular formula is C24H24N4O3. The van der Waals surface area contributed by atoms with E-state index in [1.165, 1.54) is 0 Å². The summed E-state index contributed by atoms with van der Waals surface area (Å²) in [5.41, 5.74) is 10.3. The maximum absolute atomic E-state index is 11.9. The van der Waals surface area contributed by atoms with Crippen molar-refractivity contribution in [3.63, 3.8) is 0 Å². The Kier molecular flexibility index (Phi) is 5.58. The molecule has 1 amide bonds. The van der Waals surface area contributed by atoms with Gasteiger partial charge < -0.3 is 15.2 Å². The number of hydrogen-bond acceptors (Lipinski definition) is 5. The van der Waals surface area contributed by atoms with Crippen LogP contribution in [0.25, 0.3) is 22.0 Å². The Morgan fingerprint density at radius 3 is 2.35 bits per heavy atom. The van der Waals surface area contributed by atoms with E-state index >= 15 is 0 Å². The standard InChI is InChI=1S/C24H24N4O3/c1-28-14-19(13-27-28)18-7-17-6-15(4-5-23(17)26-12-18)22(11-24(25)29)16-8-20(30-2)10-21(9-16)31-3/h4-10,12-14,22H,11H2,1-3H3,(H2,25,29). The van der Waals surface area contributed by atoms with Gasteiger partial charge in [0.25, 0.3) is 0 Å². The second-order valence-corrected chi connectivity index (χ2v) is 7.45. The number of benzene rings is 2. The molecular weight excluding hydrogens is 392 g/mol. The van der Waals surface area contributed by atoms with Crippen molar-refractivity contribution < 1.29 is 14.3 Å². The third-order valence-corrected chi connectivity index (χ3v) is 5.33. The third-order valence-electron chi connectivity index (χ3n) is 5.33. The molecule has 7 heteroatoms. The summed E-state index contributed by atoms with van der Waals surface area (Å²) in [7, 11) is 5.08. The molecule has 0 aliphatic rings. The lowest BCUT2D eigenvalue weighted by molar-refractivity contribution is -0.118. The summed E-state index contributed by atoms with van der Waals surface area (Å²) >= 11 is 0. The first-order valence-corrected chi connectivity index (χ1v) is 9.87. The lowest BCUT2D eigenvalue weighted by Gasteiger charge is -2.19. The number of aryl methyl sites for hydroxylation is 1. The maximum atomic E-state index is 11.9. The van der Waals surface area contributed by atoms with Crippen LogP contribution in [0, 0.1) is 0 Å². The molecule has 1 atom stereocenters. The van der Waals surface area contributed by atoms with Crippen LogP contribution >= 0.6 is 0 Å². The summed E-state index contributed by atoms with van der Waals surface area (Å²) in [5, 5.41) is 5.21. The minimum Gasteiger partial charge on any atom is -0.497 e. The van der Waals surface area contributed by atoms with Gasteiger partial charge in [0.15, 0.2) is 0 Å². The number of nitrogens with zero attached hydrogens (tertiary/aromatic N) is 3. The molecule has 7 nitrogen and oxygen atoms in total. The van der Waals surface area contributed by atoms with Gasteiger partial charge in [-0.05, 0) is 41.5 Å². The molecule has 0 radical (unpaired) electrons. The Hall–Kier alpha value is -3.87. The molecule has 0 fully saturated rings. The number of hydrogen-bond donors (Lipinski definition) is 1. The summed E-state index contributed by atoms with van der Waals surface area (Å²) in [6.45, 7) is 0. The summed E-state index contributed by atoms with van der Waals surface area (Å²) in [6, 6.07) is 13.7. The van der Waals surface area contributed by atoms with E-state index in [1.54, 1.807) is 25.0 Å². The molecule has 2 aromatic carbocycles. The summed E-state index contributed by atoms with van der Waals surface area (Å²) in [5.74, 6) is 0.692. The highest BCUT2D eigenvalue weighted by Gasteiger charge is 2.20. The Morgan fingerprint density at radius 2 is 1.74 bits per heavy atom. The number of carbonyl (C=O) groups excluding carboxylic acids is 1. The van der Waals surface area contributed by atoms with Crippen molar-refractivity contribution in [3.05, 3.63) is 72.2 Å². The van der Waals surface area contributed by atoms with Crippen LogP contribution in [0.2, 0.25) is 0 Å². The minimum absolute atomic E-state index is 0.164. The SMILES string of the molecule is COc1cc(OC)cc(C(CC(N)=O)c2ccc3ncc(-c4cnn(C)c4)cc3c2)c1. The molecule has 0 saturated carbocycles. The monoisotopic (exact) mass is 416 g/mol. The van der Waals surface area contributed by atoms with E-state index < -0.39 is 0 Å². The number of pyridine rings is 1. The van der Waals surface area contributed by atoms with E-state index in [2.05, 4.69) is 22.2 Å². The second kappa shape index (κ2) is 8.47. The lowest BCUT2D eigenvalue weighted by Crippen LogP contribution is -2.16. The number of nitrogens with two attached hydrogens (primary N) is 1. The maximum Gasteiger partial charge on any atom is 0.218 e. The van der Waals surface area contributed by atoms with Crippen molar-refractivity contribution >= 4 is 16.8 Å². The van der Waals surface area contributed by atoms with Crippen LogP contribution < -0.4 is 15.2 Å². The second-order valence-electron chi connectivity index (χ2n) is 7.45. The molecule has 0 spiro atoms. The highest BCUT2D eigenvalue weighted by molar-refractivity contribution is 5.84. The molecule has 158 valence electrons. The number of rotatable bonds is 7. The predicted molar refractivity (Wildman–Crippen MR) is 119 cm³/mol. The summed E-state index contributed by atoms with van der Waals surface area (Å²) < 4.78 is 12.6. The van der Waals surface area contributed by atoms with Gasteiger partial charge in [0.2, 0.25) is 5.91 Å². The van der Waals surface area contributed by atoms with Crippen molar-refractivity contribution in [2.45, 2.75) is 12.3 Å². The topological polar surface area (TPSA) is 92.3 Å². The van der Waals surface area contributed by atoms with E-state index in [0.29, 0.717) is 11.5 Å². The highest BCUT2D eigenvalue weighted by Crippen LogP contribution is 2.35. The largest absolute Gasteiger partial charge is 0.497 e. The van der Waals surface area contributed by atoms with Gasteiger partial charge in [-0.2, -0.15) is 5.10 Å². The molecule has 2 heterocycles. The Bertz CT molecular complexity index is 1230. The van der Waals surface area contributed by atoms with Crippen LogP contribution in [0.1, 0.15) is 23.5 Å². The Labute approximate surface area is 180 Å². The average Bonchev–Trinajstić information content (AvgIpc) is 3.22. The normalized spacial score (nSPS) is 12.0. The fraction of sp³-hybridized carbons (Fsp3) is 0.208. The van der Waals surface area contributed by atoms with E-state index in [9.17, 15) is 4.79 Å². The van der Waals surface area contributed by atoms with Crippen LogP contribution in [0.15, 0.2) is 61.1 Å². The van der Waals surface area contributed by atoms with Crippen molar-refractivity contribution in [3.8, 4) is 22.6 Å². The smallest absolute Gasteiger partial charge is 0.218 e. The van der Waals surface area contributed by atoms with Crippen LogP contribution in [0.3, 0.4) is 0 Å². The molecule has 2 N–H and O–H groups in total. The van der Waals surface area contributed by atoms with Gasteiger partial charge in [0.1, 0.15) is 11.5 Å². The van der Waals surface area contributed by atoms with Gasteiger partial charge in [0, 0.05) is 54.4 Å². The quantitative estimate of drug-likeness (QED) is 0.496. The first-order valence-electron chi connectivity index (χ1n) is 9.87. The Balaban J connectivity index is 1.81. The number of methoxy groups -OCH3 is 2. The molecule has 31 heavy (non-hydrogen) atoms. The number of fused-ring (bicyclic) bond motifs is 1. The predicted octanol–water partition coefficient (Wildman–Crippen LogP) is 3.66. The van der Waals surface area contributed by atoms with Gasteiger partial charge in [-0.25, -0.2) is 0 Å². The van der Waals surface area contributed by atoms with Crippen LogP contribution in [0.4, 0.5) is 0 Å². The molecule has 1 unspecified atom stereocenters. The van der Waals surface area contributed by atoms with E-state index in [0.717, 1.165) is 33.2 Å². The lowest BCUT2D eigenvalue weighted by atomic mass is 9.87. The third kappa shape index (κ3) is 4.35. The zero-order valence-corrected chi connectivity index (χ0v) is 17.7. The molecule has 0 bridgehead atoms. The molecule has 0 saturated heterocycles. The Morgan fingerprint density at radius 1 is 1.00 bits per heavy atom. The highest BCUT2D eigenvalue weighted by atomic mass is 16.5. The number of ether oxygens (including phenoxy) is 2. The molecule has 2 aromatic heterocycles. The fourth-order valence-corrected chi connectivity index (χ4v) is 3.75. The van der Waals surface area contributed by atoms with Crippen molar-refractivity contribution in [1.82, 2.24) is 14.8 Å². The van der Waals surface area contributed by atoms with Crippen LogP contribution in [-0.2, 0) is 11.8 Å². The van der Waals surface area contributed by atoms with Crippen molar-refractivity contribution in [1.29, 1.82) is 0 Å². The molecule has 4 aromatic rings. The average molecular weight is 416 g/mol. The van der Waals surface area contributed by atoms with Gasteiger partial charge in [0.05, 0.1) is 25.9 Å². The minimum atomic E-state index is -0.380. The van der Waals surface area contributed by atoms with Gasteiger partial charge >= 0.3 is 0 Å². The summed E-state index contributed by atoms with van der Waals surface area (Å²) in [6.07, 6.45) is 5.76. The number of aromatic nitrogens is 3. The van der Waals surface area contributed by atoms with Crippen molar-refractivity contribution in [2.24, 2.45) is 12.8 Å². The van der Waals surface area contributed by atoms with Crippen molar-refractivity contribution in [2.75, 3.05) is 14.2 Å². The number of primary amides is 1. The number of amides is 1. The zero-order valence-electron chi connectivity index (χ0n) is 17.7. The number of carbonyl (C=O) groups is 1. The molecule has 0 aliphatic heterocycles. The van der Waals surface area contributed by atoms with E-state index in [1.807, 2.05) is 49.9 Å². The fourth-order valence-electron chi connectivity index (χ4n) is 3.75. The first-order chi connectivity index (χ1) is 15.0. The van der Waals surface area contributed by atoms with Gasteiger partial charge in [-0.1, -0.05) is 6.07 Å². The zero-order chi connectivity index (χ0) is 22.0. The van der Waals surface area contributed by atoms with Crippen LogP contribution in [0.5, 0.6) is 11.5 Å². The van der Waals surface area contributed by atoms with Gasteiger partial charge in [-0.3, -0.25) is 14.5 Å². The molecule has 0 aliphatic carbocycles. The van der Waals surface area contributed by atoms with E-state index in [-0.39, 0.29) is 18.2 Å². The molecule has 4 rings (SSSR count). The van der Waals surface area contributed by atoms with Crippen LogP contribution in [-0.4, -0.2) is 34.9 Å². The summed E-state index contributed by atoms with van der Waals surface area (Å²) in [4.78, 5) is 16.5. The van der Waals surface area contributed by atoms with Gasteiger partial charge in [-0.15, -0.1) is 0 Å². The first kappa shape index (κ1) is 20.4. The van der Waals surface area contributed by atoms with E-state index in [4.69, 9.17) is 15.2 Å².